The van der Waals surface area contributed by atoms with Crippen molar-refractivity contribution in [2.75, 3.05) is 0 Å². The predicted octanol–water partition coefficient (Wildman–Crippen LogP) is 2.02. The first-order valence-electron chi connectivity index (χ1n) is 3.37. The Morgan fingerprint density at radius 1 is 1.57 bits per heavy atom. The third-order valence-corrected chi connectivity index (χ3v) is 2.34. The molecule has 0 atom stereocenters. The SMILES string of the molecule is NC(=O)c1cnc(F)c(C(F)F)c1Br. The average molecular weight is 269 g/mol. The molecule has 0 aromatic carbocycles. The fourth-order valence-corrected chi connectivity index (χ4v) is 1.48. The summed E-state index contributed by atoms with van der Waals surface area (Å²) in [5.74, 6) is -2.27. The lowest BCUT2D eigenvalue weighted by atomic mass is 10.2. The molecule has 1 rings (SSSR count). The van der Waals surface area contributed by atoms with Gasteiger partial charge in [-0.25, -0.2) is 13.8 Å². The number of primary amides is 1. The first-order chi connectivity index (χ1) is 6.45. The first kappa shape index (κ1) is 11.0. The minimum absolute atomic E-state index is 0.276. The Hall–Kier alpha value is -1.11. The van der Waals surface area contributed by atoms with Gasteiger partial charge in [0, 0.05) is 10.7 Å². The van der Waals surface area contributed by atoms with Crippen molar-refractivity contribution in [1.82, 2.24) is 4.98 Å². The number of carbonyl (C=O) groups excluding carboxylic acids is 1. The van der Waals surface area contributed by atoms with Crippen molar-refractivity contribution in [1.29, 1.82) is 0 Å². The smallest absolute Gasteiger partial charge is 0.269 e. The zero-order chi connectivity index (χ0) is 10.9. The summed E-state index contributed by atoms with van der Waals surface area (Å²) in [6.45, 7) is 0. The van der Waals surface area contributed by atoms with Crippen LogP contribution in [0.3, 0.4) is 0 Å². The van der Waals surface area contributed by atoms with E-state index in [1.54, 1.807) is 0 Å². The van der Waals surface area contributed by atoms with E-state index in [1.165, 1.54) is 0 Å². The number of rotatable bonds is 2. The van der Waals surface area contributed by atoms with Crippen molar-refractivity contribution in [3.05, 3.63) is 27.7 Å². The summed E-state index contributed by atoms with van der Waals surface area (Å²) in [6.07, 6.45) is -2.26. The summed E-state index contributed by atoms with van der Waals surface area (Å²) in [5, 5.41) is 0. The van der Waals surface area contributed by atoms with Crippen LogP contribution in [-0.4, -0.2) is 10.9 Å². The molecule has 0 bridgehead atoms. The highest BCUT2D eigenvalue weighted by Crippen LogP contribution is 2.31. The summed E-state index contributed by atoms with van der Waals surface area (Å²) in [5.41, 5.74) is 3.62. The number of amides is 1. The first-order valence-corrected chi connectivity index (χ1v) is 4.16. The van der Waals surface area contributed by atoms with Crippen LogP contribution in [0, 0.1) is 5.95 Å². The van der Waals surface area contributed by atoms with Crippen LogP contribution in [0.25, 0.3) is 0 Å². The zero-order valence-corrected chi connectivity index (χ0v) is 8.19. The van der Waals surface area contributed by atoms with E-state index in [9.17, 15) is 18.0 Å². The van der Waals surface area contributed by atoms with E-state index in [0.29, 0.717) is 0 Å². The molecule has 0 saturated heterocycles. The van der Waals surface area contributed by atoms with Gasteiger partial charge in [0.05, 0.1) is 11.1 Å². The molecule has 76 valence electrons. The topological polar surface area (TPSA) is 56.0 Å². The minimum atomic E-state index is -3.06. The Morgan fingerprint density at radius 3 is 2.57 bits per heavy atom. The Morgan fingerprint density at radius 2 is 2.14 bits per heavy atom. The monoisotopic (exact) mass is 268 g/mol. The van der Waals surface area contributed by atoms with Crippen LogP contribution in [0.4, 0.5) is 13.2 Å². The molecule has 0 aliphatic rings. The summed E-state index contributed by atoms with van der Waals surface area (Å²) in [4.78, 5) is 13.7. The highest BCUT2D eigenvalue weighted by atomic mass is 79.9. The van der Waals surface area contributed by atoms with E-state index in [4.69, 9.17) is 5.73 Å². The molecule has 0 unspecified atom stereocenters. The van der Waals surface area contributed by atoms with Gasteiger partial charge >= 0.3 is 0 Å². The van der Waals surface area contributed by atoms with E-state index >= 15 is 0 Å². The molecular formula is C7H4BrF3N2O. The van der Waals surface area contributed by atoms with Crippen LogP contribution < -0.4 is 5.73 Å². The number of pyridine rings is 1. The molecule has 0 fully saturated rings. The third kappa shape index (κ3) is 1.87. The number of carbonyl (C=O) groups is 1. The van der Waals surface area contributed by atoms with Crippen molar-refractivity contribution in [2.45, 2.75) is 6.43 Å². The maximum absolute atomic E-state index is 12.8. The molecule has 0 spiro atoms. The van der Waals surface area contributed by atoms with Crippen molar-refractivity contribution in [2.24, 2.45) is 5.73 Å². The van der Waals surface area contributed by atoms with Crippen LogP contribution in [0.5, 0.6) is 0 Å². The summed E-state index contributed by atoms with van der Waals surface area (Å²) in [7, 11) is 0. The fraction of sp³-hybridized carbons (Fsp3) is 0.143. The van der Waals surface area contributed by atoms with Crippen LogP contribution in [0.15, 0.2) is 10.7 Å². The van der Waals surface area contributed by atoms with Gasteiger partial charge < -0.3 is 5.73 Å². The van der Waals surface area contributed by atoms with Crippen LogP contribution in [0.2, 0.25) is 0 Å². The maximum Gasteiger partial charge on any atom is 0.269 e. The lowest BCUT2D eigenvalue weighted by Gasteiger charge is -2.06. The molecule has 0 saturated carbocycles. The van der Waals surface area contributed by atoms with Gasteiger partial charge in [-0.05, 0) is 15.9 Å². The molecular weight excluding hydrogens is 265 g/mol. The molecule has 7 heteroatoms. The van der Waals surface area contributed by atoms with Gasteiger partial charge in [0.1, 0.15) is 0 Å². The van der Waals surface area contributed by atoms with E-state index in [2.05, 4.69) is 20.9 Å². The third-order valence-electron chi connectivity index (χ3n) is 1.49. The quantitative estimate of drug-likeness (QED) is 0.835. The van der Waals surface area contributed by atoms with Gasteiger partial charge in [-0.2, -0.15) is 4.39 Å². The predicted molar refractivity (Wildman–Crippen MR) is 45.4 cm³/mol. The number of nitrogens with zero attached hydrogens (tertiary/aromatic N) is 1. The molecule has 1 aromatic heterocycles. The van der Waals surface area contributed by atoms with Gasteiger partial charge in [0.2, 0.25) is 5.95 Å². The number of halogens is 4. The maximum atomic E-state index is 12.8. The van der Waals surface area contributed by atoms with Crippen LogP contribution >= 0.6 is 15.9 Å². The highest BCUT2D eigenvalue weighted by Gasteiger charge is 2.22. The van der Waals surface area contributed by atoms with Gasteiger partial charge in [0.25, 0.3) is 12.3 Å². The van der Waals surface area contributed by atoms with E-state index in [0.717, 1.165) is 6.20 Å². The second kappa shape index (κ2) is 3.95. The molecule has 0 radical (unpaired) electrons. The molecule has 0 aliphatic carbocycles. The van der Waals surface area contributed by atoms with Gasteiger partial charge in [-0.15, -0.1) is 0 Å². The Bertz CT molecular complexity index is 383. The number of alkyl halides is 2. The number of aromatic nitrogens is 1. The Balaban J connectivity index is 3.41. The van der Waals surface area contributed by atoms with Crippen molar-refractivity contribution < 1.29 is 18.0 Å². The van der Waals surface area contributed by atoms with E-state index < -0.39 is 23.8 Å². The number of hydrogen-bond acceptors (Lipinski definition) is 2. The molecule has 1 amide bonds. The van der Waals surface area contributed by atoms with Crippen molar-refractivity contribution >= 4 is 21.8 Å². The highest BCUT2D eigenvalue weighted by molar-refractivity contribution is 9.10. The lowest BCUT2D eigenvalue weighted by Crippen LogP contribution is -2.14. The van der Waals surface area contributed by atoms with Crippen molar-refractivity contribution in [3.8, 4) is 0 Å². The van der Waals surface area contributed by atoms with Crippen LogP contribution in [0.1, 0.15) is 22.3 Å². The lowest BCUT2D eigenvalue weighted by molar-refractivity contribution is 0.0998. The second-order valence-corrected chi connectivity index (χ2v) is 3.15. The Kier molecular flexibility index (Phi) is 3.10. The summed E-state index contributed by atoms with van der Waals surface area (Å²) in [6, 6.07) is 0. The van der Waals surface area contributed by atoms with E-state index in [1.807, 2.05) is 0 Å². The molecule has 14 heavy (non-hydrogen) atoms. The number of hydrogen-bond donors (Lipinski definition) is 1. The molecule has 3 nitrogen and oxygen atoms in total. The normalized spacial score (nSPS) is 10.6. The van der Waals surface area contributed by atoms with E-state index in [-0.39, 0.29) is 10.0 Å². The minimum Gasteiger partial charge on any atom is -0.366 e. The van der Waals surface area contributed by atoms with Gasteiger partial charge in [-0.3, -0.25) is 4.79 Å². The Labute approximate surface area is 85.2 Å². The molecule has 0 aliphatic heterocycles. The largest absolute Gasteiger partial charge is 0.366 e. The summed E-state index contributed by atoms with van der Waals surface area (Å²) < 4.78 is 37.0. The summed E-state index contributed by atoms with van der Waals surface area (Å²) >= 11 is 2.67. The fourth-order valence-electron chi connectivity index (χ4n) is 0.841. The molecule has 1 aromatic rings. The zero-order valence-electron chi connectivity index (χ0n) is 6.60. The molecule has 1 heterocycles. The average Bonchev–Trinajstić information content (AvgIpc) is 2.02. The standard InChI is InChI=1S/C7H4BrF3N2O/c8-4-2(7(12)14)1-13-6(11)3(4)5(9)10/h1,5H,(H2,12,14). The van der Waals surface area contributed by atoms with Gasteiger partial charge in [0.15, 0.2) is 0 Å². The second-order valence-electron chi connectivity index (χ2n) is 2.36. The van der Waals surface area contributed by atoms with Crippen LogP contribution in [-0.2, 0) is 0 Å². The molecule has 2 N–H and O–H groups in total. The van der Waals surface area contributed by atoms with Crippen molar-refractivity contribution in [3.63, 3.8) is 0 Å². The van der Waals surface area contributed by atoms with Gasteiger partial charge in [-0.1, -0.05) is 0 Å². The number of nitrogens with two attached hydrogens (primary N) is 1.